The summed E-state index contributed by atoms with van der Waals surface area (Å²) in [4.78, 5) is 9.06. The normalized spacial score (nSPS) is 13.7. The molecule has 18 heavy (non-hydrogen) atoms. The van der Waals surface area contributed by atoms with Crippen LogP contribution in [0.3, 0.4) is 0 Å². The number of aromatic nitrogens is 1. The zero-order valence-corrected chi connectivity index (χ0v) is 9.63. The van der Waals surface area contributed by atoms with Crippen LogP contribution in [0.1, 0.15) is 11.5 Å². The summed E-state index contributed by atoms with van der Waals surface area (Å²) in [5.41, 5.74) is 4.86. The van der Waals surface area contributed by atoms with Gasteiger partial charge in [0.1, 0.15) is 11.2 Å². The van der Waals surface area contributed by atoms with Crippen molar-refractivity contribution >= 4 is 22.5 Å². The van der Waals surface area contributed by atoms with Crippen LogP contribution >= 0.6 is 0 Å². The van der Waals surface area contributed by atoms with Gasteiger partial charge >= 0.3 is 0 Å². The van der Waals surface area contributed by atoms with Crippen molar-refractivity contribution in [3.63, 3.8) is 0 Å². The van der Waals surface area contributed by atoms with Crippen molar-refractivity contribution in [1.29, 1.82) is 0 Å². The van der Waals surface area contributed by atoms with Gasteiger partial charge in [-0.2, -0.15) is 0 Å². The number of oxazole rings is 1. The molecule has 2 aromatic carbocycles. The van der Waals surface area contributed by atoms with Gasteiger partial charge in [0, 0.05) is 6.42 Å². The third-order valence-electron chi connectivity index (χ3n) is 3.15. The molecule has 2 heterocycles. The molecule has 0 aliphatic carbocycles. The van der Waals surface area contributed by atoms with E-state index in [-0.39, 0.29) is 0 Å². The van der Waals surface area contributed by atoms with Crippen molar-refractivity contribution in [2.75, 3.05) is 0 Å². The lowest BCUT2D eigenvalue weighted by Gasteiger charge is -1.92. The van der Waals surface area contributed by atoms with E-state index in [1.807, 2.05) is 42.5 Å². The smallest absolute Gasteiger partial charge is 0.242 e. The predicted molar refractivity (Wildman–Crippen MR) is 70.4 cm³/mol. The minimum atomic E-state index is 0.632. The lowest BCUT2D eigenvalue weighted by atomic mass is 10.1. The summed E-state index contributed by atoms with van der Waals surface area (Å²) in [7, 11) is 0. The lowest BCUT2D eigenvalue weighted by Crippen LogP contribution is -2.00. The number of aliphatic imine (C=N–C) groups is 1. The Morgan fingerprint density at radius 1 is 0.944 bits per heavy atom. The number of fused-ring (bicyclic) bond motifs is 2. The van der Waals surface area contributed by atoms with Crippen LogP contribution in [0.15, 0.2) is 57.9 Å². The molecule has 1 aliphatic rings. The Kier molecular flexibility index (Phi) is 1.88. The first-order valence-corrected chi connectivity index (χ1v) is 5.91. The van der Waals surface area contributed by atoms with Crippen LogP contribution in [-0.2, 0) is 6.42 Å². The summed E-state index contributed by atoms with van der Waals surface area (Å²) in [6.45, 7) is 0. The van der Waals surface area contributed by atoms with Crippen LogP contribution in [0.25, 0.3) is 11.1 Å². The van der Waals surface area contributed by atoms with Crippen molar-refractivity contribution in [1.82, 2.24) is 4.98 Å². The second kappa shape index (κ2) is 3.53. The van der Waals surface area contributed by atoms with E-state index in [2.05, 4.69) is 16.0 Å². The lowest BCUT2D eigenvalue weighted by molar-refractivity contribution is 0.589. The largest absolute Gasteiger partial charge is 0.435 e. The molecule has 0 N–H and O–H groups in total. The summed E-state index contributed by atoms with van der Waals surface area (Å²) < 4.78 is 5.74. The Hall–Kier alpha value is -2.42. The molecule has 1 aliphatic heterocycles. The fourth-order valence-electron chi connectivity index (χ4n) is 2.25. The number of para-hydroxylation sites is 3. The second-order valence-corrected chi connectivity index (χ2v) is 4.35. The Labute approximate surface area is 104 Å². The predicted octanol–water partition coefficient (Wildman–Crippen LogP) is 3.50. The molecule has 3 nitrogen and oxygen atoms in total. The highest BCUT2D eigenvalue weighted by Gasteiger charge is 2.19. The number of nitrogens with zero attached hydrogens (tertiary/aromatic N) is 2. The van der Waals surface area contributed by atoms with Crippen LogP contribution in [0, 0.1) is 0 Å². The van der Waals surface area contributed by atoms with Crippen LogP contribution in [0.5, 0.6) is 0 Å². The molecule has 0 spiro atoms. The number of rotatable bonds is 1. The minimum Gasteiger partial charge on any atom is -0.435 e. The first-order chi connectivity index (χ1) is 8.90. The first-order valence-electron chi connectivity index (χ1n) is 5.91. The van der Waals surface area contributed by atoms with Crippen LogP contribution in [0.4, 0.5) is 5.69 Å². The summed E-state index contributed by atoms with van der Waals surface area (Å²) in [5.74, 6) is 0.632. The van der Waals surface area contributed by atoms with Gasteiger partial charge in [0.2, 0.25) is 5.89 Å². The molecule has 0 amide bonds. The monoisotopic (exact) mass is 234 g/mol. The Balaban J connectivity index is 1.82. The highest BCUT2D eigenvalue weighted by atomic mass is 16.3. The zero-order chi connectivity index (χ0) is 11.9. The first kappa shape index (κ1) is 9.59. The van der Waals surface area contributed by atoms with E-state index in [1.165, 1.54) is 5.56 Å². The molecule has 1 aromatic heterocycles. The van der Waals surface area contributed by atoms with Gasteiger partial charge in [-0.05, 0) is 23.8 Å². The maximum atomic E-state index is 5.74. The molecule has 0 bridgehead atoms. The van der Waals surface area contributed by atoms with Gasteiger partial charge in [-0.15, -0.1) is 0 Å². The van der Waals surface area contributed by atoms with E-state index >= 15 is 0 Å². The third-order valence-corrected chi connectivity index (χ3v) is 3.15. The Morgan fingerprint density at radius 2 is 1.78 bits per heavy atom. The standard InChI is InChI=1S/C15H10N2O/c1-2-6-11-10(5-1)9-13(16-11)15-17-12-7-3-4-8-14(12)18-15/h1-8H,9H2. The number of hydrogen-bond donors (Lipinski definition) is 0. The van der Waals surface area contributed by atoms with Gasteiger partial charge in [0.15, 0.2) is 5.58 Å². The van der Waals surface area contributed by atoms with Crippen molar-refractivity contribution in [3.05, 3.63) is 60.0 Å². The summed E-state index contributed by atoms with van der Waals surface area (Å²) in [6.07, 6.45) is 0.795. The molecular formula is C15H10N2O. The van der Waals surface area contributed by atoms with E-state index in [4.69, 9.17) is 4.42 Å². The Morgan fingerprint density at radius 3 is 2.67 bits per heavy atom. The molecule has 0 atom stereocenters. The molecule has 0 saturated heterocycles. The van der Waals surface area contributed by atoms with E-state index in [0.717, 1.165) is 28.9 Å². The van der Waals surface area contributed by atoms with Gasteiger partial charge in [-0.25, -0.2) is 9.98 Å². The summed E-state index contributed by atoms with van der Waals surface area (Å²) >= 11 is 0. The second-order valence-electron chi connectivity index (χ2n) is 4.35. The van der Waals surface area contributed by atoms with Crippen molar-refractivity contribution in [3.8, 4) is 0 Å². The van der Waals surface area contributed by atoms with Gasteiger partial charge in [0.25, 0.3) is 0 Å². The molecule has 0 saturated carbocycles. The number of hydrogen-bond acceptors (Lipinski definition) is 3. The van der Waals surface area contributed by atoms with Gasteiger partial charge in [-0.1, -0.05) is 30.3 Å². The Bertz CT molecular complexity index is 738. The average Bonchev–Trinajstić information content (AvgIpc) is 3.02. The summed E-state index contributed by atoms with van der Waals surface area (Å²) in [5, 5.41) is 0. The molecular weight excluding hydrogens is 224 g/mol. The SMILES string of the molecule is c1ccc2c(c1)CC(c1nc3ccccc3o1)=N2. The molecule has 3 heteroatoms. The highest BCUT2D eigenvalue weighted by Crippen LogP contribution is 2.29. The van der Waals surface area contributed by atoms with E-state index < -0.39 is 0 Å². The minimum absolute atomic E-state index is 0.632. The zero-order valence-electron chi connectivity index (χ0n) is 9.63. The van der Waals surface area contributed by atoms with E-state index in [1.54, 1.807) is 0 Å². The maximum absolute atomic E-state index is 5.74. The quantitative estimate of drug-likeness (QED) is 0.646. The third kappa shape index (κ3) is 1.37. The van der Waals surface area contributed by atoms with Crippen LogP contribution in [0.2, 0.25) is 0 Å². The fourth-order valence-corrected chi connectivity index (χ4v) is 2.25. The van der Waals surface area contributed by atoms with Gasteiger partial charge in [-0.3, -0.25) is 0 Å². The average molecular weight is 234 g/mol. The molecule has 0 unspecified atom stereocenters. The molecule has 86 valence electrons. The molecule has 4 rings (SSSR count). The van der Waals surface area contributed by atoms with Crippen LogP contribution < -0.4 is 0 Å². The summed E-state index contributed by atoms with van der Waals surface area (Å²) in [6, 6.07) is 15.9. The molecule has 0 fully saturated rings. The van der Waals surface area contributed by atoms with Gasteiger partial charge < -0.3 is 4.42 Å². The maximum Gasteiger partial charge on any atom is 0.242 e. The van der Waals surface area contributed by atoms with Crippen molar-refractivity contribution in [2.24, 2.45) is 4.99 Å². The van der Waals surface area contributed by atoms with E-state index in [9.17, 15) is 0 Å². The van der Waals surface area contributed by atoms with Crippen molar-refractivity contribution < 1.29 is 4.42 Å². The van der Waals surface area contributed by atoms with Crippen molar-refractivity contribution in [2.45, 2.75) is 6.42 Å². The van der Waals surface area contributed by atoms with Gasteiger partial charge in [0.05, 0.1) is 5.69 Å². The molecule has 3 aromatic rings. The topological polar surface area (TPSA) is 38.4 Å². The van der Waals surface area contributed by atoms with Crippen LogP contribution in [-0.4, -0.2) is 10.7 Å². The van der Waals surface area contributed by atoms with E-state index in [0.29, 0.717) is 5.89 Å². The fraction of sp³-hybridized carbons (Fsp3) is 0.0667. The molecule has 0 radical (unpaired) electrons. The highest BCUT2D eigenvalue weighted by molar-refractivity contribution is 6.04. The number of benzene rings is 2.